The van der Waals surface area contributed by atoms with Gasteiger partial charge in [0.15, 0.2) is 12.4 Å². The maximum atomic E-state index is 13.7. The maximum Gasteiger partial charge on any atom is 0.346 e. The van der Waals surface area contributed by atoms with Gasteiger partial charge in [-0.05, 0) is 48.0 Å². The number of para-hydroxylation sites is 1. The molecular weight excluding hydrogens is 538 g/mol. The quantitative estimate of drug-likeness (QED) is 0.266. The minimum absolute atomic E-state index is 0.0339. The molecule has 3 aromatic carbocycles. The van der Waals surface area contributed by atoms with Crippen LogP contribution in [0.1, 0.15) is 11.1 Å². The van der Waals surface area contributed by atoms with Crippen LogP contribution in [0.25, 0.3) is 10.9 Å². The van der Waals surface area contributed by atoms with Crippen molar-refractivity contribution < 1.29 is 28.5 Å². The van der Waals surface area contributed by atoms with Gasteiger partial charge in [-0.2, -0.15) is 4.76 Å². The number of nitrogens with one attached hydrogen (secondary N) is 1. The number of aromatic nitrogens is 1. The van der Waals surface area contributed by atoms with Gasteiger partial charge in [0, 0.05) is 5.39 Å². The van der Waals surface area contributed by atoms with Crippen LogP contribution in [-0.4, -0.2) is 32.9 Å². The monoisotopic (exact) mass is 556 g/mol. The summed E-state index contributed by atoms with van der Waals surface area (Å²) in [6, 6.07) is 14.7. The van der Waals surface area contributed by atoms with Gasteiger partial charge < -0.3 is 30.4 Å². The lowest BCUT2D eigenvalue weighted by molar-refractivity contribution is -0.119. The first-order valence-corrected chi connectivity index (χ1v) is 13.1. The topological polar surface area (TPSA) is 156 Å². The summed E-state index contributed by atoms with van der Waals surface area (Å²) in [6.07, 6.45) is 0. The molecule has 194 valence electrons. The van der Waals surface area contributed by atoms with Crippen molar-refractivity contribution >= 4 is 52.8 Å². The van der Waals surface area contributed by atoms with E-state index in [0.717, 1.165) is 0 Å². The van der Waals surface area contributed by atoms with Crippen molar-refractivity contribution in [3.63, 3.8) is 0 Å². The summed E-state index contributed by atoms with van der Waals surface area (Å²) >= 11 is 5.92. The molecule has 0 saturated heterocycles. The molecule has 0 bridgehead atoms. The number of benzene rings is 3. The molecule has 1 amide bonds. The first kappa shape index (κ1) is 25.5. The second-order valence-corrected chi connectivity index (χ2v) is 10.6. The SMILES string of the molecule is NC(=O)COc1ccc2c(c1)P(=O)(O)N=C(c1c(O)c3ccccc3n(Cc3ccc(F)c(Cl)c3)c1=O)N2. The van der Waals surface area contributed by atoms with Gasteiger partial charge in [0.1, 0.15) is 22.9 Å². The Labute approximate surface area is 219 Å². The third-order valence-corrected chi connectivity index (χ3v) is 7.62. The zero-order chi connectivity index (χ0) is 27.2. The number of anilines is 1. The lowest BCUT2D eigenvalue weighted by Crippen LogP contribution is -2.33. The standard InChI is InChI=1S/C25H19ClFN4O6P/c26-16-9-13(5-7-17(16)27)11-31-19-4-2-1-3-15(19)23(33)22(25(31)34)24-29-18-8-6-14(37-12-21(28)32)10-20(18)38(35,36)30-24/h1-10,33H,11-12H2,(H2,28,32)(H2,29,30,35,36). The van der Waals surface area contributed by atoms with Crippen LogP contribution in [0.5, 0.6) is 11.5 Å². The predicted octanol–water partition coefficient (Wildman–Crippen LogP) is 3.10. The number of nitrogens with zero attached hydrogens (tertiary/aromatic N) is 2. The number of fused-ring (bicyclic) bond motifs is 2. The van der Waals surface area contributed by atoms with Gasteiger partial charge in [-0.25, -0.2) is 4.39 Å². The van der Waals surface area contributed by atoms with Crippen LogP contribution in [0.15, 0.2) is 70.2 Å². The van der Waals surface area contributed by atoms with Gasteiger partial charge in [0.25, 0.3) is 11.5 Å². The fourth-order valence-electron chi connectivity index (χ4n) is 4.14. The number of carbonyl (C=O) groups is 1. The summed E-state index contributed by atoms with van der Waals surface area (Å²) in [5.74, 6) is -1.96. The van der Waals surface area contributed by atoms with E-state index >= 15 is 0 Å². The molecule has 38 heavy (non-hydrogen) atoms. The largest absolute Gasteiger partial charge is 0.506 e. The summed E-state index contributed by atoms with van der Waals surface area (Å²) in [5, 5.41) is 14.0. The first-order chi connectivity index (χ1) is 18.0. The average molecular weight is 557 g/mol. The van der Waals surface area contributed by atoms with Crippen LogP contribution in [0.3, 0.4) is 0 Å². The minimum Gasteiger partial charge on any atom is -0.506 e. The predicted molar refractivity (Wildman–Crippen MR) is 141 cm³/mol. The molecular formula is C25H19ClFN4O6P. The van der Waals surface area contributed by atoms with Crippen LogP contribution in [0.4, 0.5) is 10.1 Å². The Balaban J connectivity index is 1.64. The van der Waals surface area contributed by atoms with E-state index in [9.17, 15) is 28.5 Å². The fraction of sp³-hybridized carbons (Fsp3) is 0.0800. The smallest absolute Gasteiger partial charge is 0.346 e. The molecule has 2 heterocycles. The number of hydrogen-bond acceptors (Lipinski definition) is 6. The third-order valence-electron chi connectivity index (χ3n) is 5.86. The molecule has 1 aliphatic rings. The number of nitrogens with two attached hydrogens (primary N) is 1. The number of rotatable bonds is 6. The van der Waals surface area contributed by atoms with Gasteiger partial charge in [-0.15, -0.1) is 0 Å². The number of aromatic hydroxyl groups is 1. The van der Waals surface area contributed by atoms with E-state index in [4.69, 9.17) is 22.1 Å². The second-order valence-electron chi connectivity index (χ2n) is 8.43. The van der Waals surface area contributed by atoms with Gasteiger partial charge in [-0.3, -0.25) is 14.2 Å². The molecule has 13 heteroatoms. The summed E-state index contributed by atoms with van der Waals surface area (Å²) in [5.41, 5.74) is 5.08. The highest BCUT2D eigenvalue weighted by Crippen LogP contribution is 2.48. The molecule has 0 aliphatic carbocycles. The third kappa shape index (κ3) is 4.63. The summed E-state index contributed by atoms with van der Waals surface area (Å²) < 4.78 is 37.3. The lowest BCUT2D eigenvalue weighted by Gasteiger charge is -2.23. The second kappa shape index (κ2) is 9.60. The number of halogens is 2. The van der Waals surface area contributed by atoms with E-state index in [1.54, 1.807) is 24.3 Å². The molecule has 1 aromatic heterocycles. The molecule has 10 nitrogen and oxygen atoms in total. The number of primary amides is 1. The maximum absolute atomic E-state index is 13.7. The molecule has 4 aromatic rings. The Morgan fingerprint density at radius 3 is 2.68 bits per heavy atom. The van der Waals surface area contributed by atoms with Crippen LogP contribution < -0.4 is 26.7 Å². The molecule has 0 saturated carbocycles. The van der Waals surface area contributed by atoms with Gasteiger partial charge in [0.2, 0.25) is 0 Å². The Hall–Kier alpha value is -4.18. The van der Waals surface area contributed by atoms with Gasteiger partial charge >= 0.3 is 7.52 Å². The molecule has 5 rings (SSSR count). The number of ether oxygens (including phenoxy) is 1. The van der Waals surface area contributed by atoms with E-state index in [2.05, 4.69) is 10.1 Å². The van der Waals surface area contributed by atoms with E-state index < -0.39 is 37.2 Å². The van der Waals surface area contributed by atoms with Crippen LogP contribution in [0, 0.1) is 5.82 Å². The number of amides is 1. The zero-order valence-electron chi connectivity index (χ0n) is 19.4. The highest BCUT2D eigenvalue weighted by Gasteiger charge is 2.33. The summed E-state index contributed by atoms with van der Waals surface area (Å²) in [4.78, 5) is 35.5. The Morgan fingerprint density at radius 1 is 1.18 bits per heavy atom. The Kier molecular flexibility index (Phi) is 6.44. The van der Waals surface area contributed by atoms with E-state index in [1.165, 1.54) is 41.0 Å². The van der Waals surface area contributed by atoms with E-state index in [1.807, 2.05) is 0 Å². The highest BCUT2D eigenvalue weighted by molar-refractivity contribution is 7.65. The summed E-state index contributed by atoms with van der Waals surface area (Å²) in [7, 11) is -4.46. The van der Waals surface area contributed by atoms with Crippen molar-refractivity contribution in [3.8, 4) is 11.5 Å². The molecule has 0 radical (unpaired) electrons. The van der Waals surface area contributed by atoms with Crippen LogP contribution in [-0.2, 0) is 15.9 Å². The number of hydrogen-bond donors (Lipinski definition) is 4. The zero-order valence-corrected chi connectivity index (χ0v) is 21.0. The van der Waals surface area contributed by atoms with Crippen molar-refractivity contribution in [2.45, 2.75) is 6.54 Å². The van der Waals surface area contributed by atoms with Crippen molar-refractivity contribution in [1.29, 1.82) is 0 Å². The van der Waals surface area contributed by atoms with Gasteiger partial charge in [0.05, 0.1) is 28.1 Å². The summed E-state index contributed by atoms with van der Waals surface area (Å²) in [6.45, 7) is -0.464. The molecule has 0 fully saturated rings. The lowest BCUT2D eigenvalue weighted by atomic mass is 10.1. The van der Waals surface area contributed by atoms with Crippen LogP contribution >= 0.6 is 19.1 Å². The molecule has 0 spiro atoms. The fourth-order valence-corrected chi connectivity index (χ4v) is 5.61. The molecule has 5 N–H and O–H groups in total. The van der Waals surface area contributed by atoms with Crippen molar-refractivity contribution in [1.82, 2.24) is 4.57 Å². The van der Waals surface area contributed by atoms with E-state index in [-0.39, 0.29) is 45.1 Å². The van der Waals surface area contributed by atoms with Crippen molar-refractivity contribution in [2.75, 3.05) is 11.9 Å². The van der Waals surface area contributed by atoms with E-state index in [0.29, 0.717) is 11.1 Å². The minimum atomic E-state index is -4.46. The Morgan fingerprint density at radius 2 is 1.95 bits per heavy atom. The molecule has 1 aliphatic heterocycles. The highest BCUT2D eigenvalue weighted by atomic mass is 35.5. The normalized spacial score (nSPS) is 16.4. The first-order valence-electron chi connectivity index (χ1n) is 11.1. The molecule has 1 atom stereocenters. The molecule has 1 unspecified atom stereocenters. The average Bonchev–Trinajstić information content (AvgIpc) is 2.87. The number of carbonyl (C=O) groups excluding carboxylic acids is 1. The van der Waals surface area contributed by atoms with Crippen LogP contribution in [0.2, 0.25) is 5.02 Å². The Bertz CT molecular complexity index is 1770. The number of pyridine rings is 1. The van der Waals surface area contributed by atoms with Gasteiger partial charge in [-0.1, -0.05) is 29.8 Å². The number of amidine groups is 1. The van der Waals surface area contributed by atoms with Crippen molar-refractivity contribution in [3.05, 3.63) is 93.0 Å². The van der Waals surface area contributed by atoms with Crippen molar-refractivity contribution in [2.24, 2.45) is 10.5 Å².